The number of carbonyl (C=O) groups excluding carboxylic acids is 1. The molecule has 2 heterocycles. The highest BCUT2D eigenvalue weighted by Crippen LogP contribution is 2.21. The molecular formula is C16H24N4O2. The first-order chi connectivity index (χ1) is 10.2. The summed E-state index contributed by atoms with van der Waals surface area (Å²) in [5, 5.41) is 17.6. The van der Waals surface area contributed by atoms with Gasteiger partial charge in [-0.2, -0.15) is 5.10 Å². The Morgan fingerprint density at radius 1 is 1.50 bits per heavy atom. The summed E-state index contributed by atoms with van der Waals surface area (Å²) < 4.78 is 1.71. The molecule has 0 aliphatic rings. The van der Waals surface area contributed by atoms with E-state index < -0.39 is 0 Å². The Morgan fingerprint density at radius 3 is 2.82 bits per heavy atom. The van der Waals surface area contributed by atoms with Crippen LogP contribution in [0.25, 0.3) is 11.0 Å². The van der Waals surface area contributed by atoms with Crippen molar-refractivity contribution in [1.82, 2.24) is 20.1 Å². The normalized spacial score (nSPS) is 13.4. The molecule has 0 bridgehead atoms. The Morgan fingerprint density at radius 2 is 2.18 bits per heavy atom. The van der Waals surface area contributed by atoms with Gasteiger partial charge in [0.1, 0.15) is 0 Å². The van der Waals surface area contributed by atoms with Crippen molar-refractivity contribution >= 4 is 16.9 Å². The molecule has 0 aromatic carbocycles. The molecule has 6 nitrogen and oxygen atoms in total. The minimum Gasteiger partial charge on any atom is -0.393 e. The largest absolute Gasteiger partial charge is 0.393 e. The summed E-state index contributed by atoms with van der Waals surface area (Å²) in [7, 11) is 1.83. The smallest absolute Gasteiger partial charge is 0.252 e. The zero-order valence-electron chi connectivity index (χ0n) is 13.8. The molecule has 0 spiro atoms. The van der Waals surface area contributed by atoms with Gasteiger partial charge in [0, 0.05) is 25.2 Å². The number of amides is 1. The molecule has 0 aliphatic heterocycles. The first-order valence-electron chi connectivity index (χ1n) is 7.45. The molecule has 0 saturated heterocycles. The molecule has 1 amide bonds. The lowest BCUT2D eigenvalue weighted by atomic mass is 9.87. The third-order valence-electron chi connectivity index (χ3n) is 3.70. The van der Waals surface area contributed by atoms with Crippen molar-refractivity contribution in [3.63, 3.8) is 0 Å². The number of carbonyl (C=O) groups is 1. The van der Waals surface area contributed by atoms with E-state index in [0.717, 1.165) is 16.7 Å². The van der Waals surface area contributed by atoms with Crippen molar-refractivity contribution in [3.8, 4) is 0 Å². The predicted octanol–water partition coefficient (Wildman–Crippen LogP) is 1.80. The average Bonchev–Trinajstić information content (AvgIpc) is 2.70. The SMILES string of the molecule is Cc1nn(C)c2ncc(C(=O)NCC(C)(C)CC(C)O)cc12. The van der Waals surface area contributed by atoms with Crippen LogP contribution in [-0.2, 0) is 7.05 Å². The number of hydrogen-bond acceptors (Lipinski definition) is 4. The second kappa shape index (κ2) is 6.04. The fourth-order valence-electron chi connectivity index (χ4n) is 2.73. The molecule has 120 valence electrons. The summed E-state index contributed by atoms with van der Waals surface area (Å²) >= 11 is 0. The molecule has 2 rings (SSSR count). The van der Waals surface area contributed by atoms with Crippen molar-refractivity contribution in [2.45, 2.75) is 40.2 Å². The van der Waals surface area contributed by atoms with Crippen molar-refractivity contribution in [3.05, 3.63) is 23.5 Å². The average molecular weight is 304 g/mol. The Bertz CT molecular complexity index is 689. The van der Waals surface area contributed by atoms with Crippen LogP contribution in [0.1, 0.15) is 43.2 Å². The van der Waals surface area contributed by atoms with Crippen molar-refractivity contribution < 1.29 is 9.90 Å². The summed E-state index contributed by atoms with van der Waals surface area (Å²) in [4.78, 5) is 16.6. The fraction of sp³-hybridized carbons (Fsp3) is 0.562. The monoisotopic (exact) mass is 304 g/mol. The van der Waals surface area contributed by atoms with Crippen molar-refractivity contribution in [2.24, 2.45) is 12.5 Å². The molecule has 6 heteroatoms. The molecule has 2 N–H and O–H groups in total. The molecule has 1 unspecified atom stereocenters. The maximum Gasteiger partial charge on any atom is 0.252 e. The predicted molar refractivity (Wildman–Crippen MR) is 85.7 cm³/mol. The van der Waals surface area contributed by atoms with Crippen molar-refractivity contribution in [1.29, 1.82) is 0 Å². The fourth-order valence-corrected chi connectivity index (χ4v) is 2.73. The van der Waals surface area contributed by atoms with Crippen LogP contribution >= 0.6 is 0 Å². The van der Waals surface area contributed by atoms with Crippen LogP contribution in [0.4, 0.5) is 0 Å². The number of aliphatic hydroxyl groups excluding tert-OH is 1. The number of aliphatic hydroxyl groups is 1. The van der Waals surface area contributed by atoms with Crippen LogP contribution < -0.4 is 5.32 Å². The number of pyridine rings is 1. The minimum atomic E-state index is -0.386. The molecule has 0 aliphatic carbocycles. The quantitative estimate of drug-likeness (QED) is 0.883. The molecule has 0 saturated carbocycles. The summed E-state index contributed by atoms with van der Waals surface area (Å²) in [5.74, 6) is -0.156. The molecule has 0 radical (unpaired) electrons. The van der Waals surface area contributed by atoms with Crippen LogP contribution in [-0.4, -0.2) is 38.4 Å². The maximum atomic E-state index is 12.3. The molecular weight excluding hydrogens is 280 g/mol. The number of aryl methyl sites for hydroxylation is 2. The first-order valence-corrected chi connectivity index (χ1v) is 7.45. The Hall–Kier alpha value is -1.95. The topological polar surface area (TPSA) is 80.0 Å². The van der Waals surface area contributed by atoms with Gasteiger partial charge >= 0.3 is 0 Å². The van der Waals surface area contributed by atoms with Gasteiger partial charge in [0.05, 0.1) is 17.4 Å². The van der Waals surface area contributed by atoms with Gasteiger partial charge in [0.2, 0.25) is 0 Å². The zero-order chi connectivity index (χ0) is 16.5. The second-order valence-electron chi connectivity index (χ2n) is 6.70. The Labute approximate surface area is 130 Å². The van der Waals surface area contributed by atoms with Gasteiger partial charge in [-0.15, -0.1) is 0 Å². The Kier molecular flexibility index (Phi) is 4.51. The second-order valence-corrected chi connectivity index (χ2v) is 6.70. The van der Waals surface area contributed by atoms with Crippen LogP contribution in [0.5, 0.6) is 0 Å². The van der Waals surface area contributed by atoms with Gasteiger partial charge in [-0.1, -0.05) is 13.8 Å². The van der Waals surface area contributed by atoms with Gasteiger partial charge in [-0.3, -0.25) is 9.48 Å². The molecule has 1 atom stereocenters. The van der Waals surface area contributed by atoms with Gasteiger partial charge < -0.3 is 10.4 Å². The molecule has 2 aromatic rings. The maximum absolute atomic E-state index is 12.3. The van der Waals surface area contributed by atoms with E-state index in [1.807, 2.05) is 33.9 Å². The highest BCUT2D eigenvalue weighted by Gasteiger charge is 2.21. The van der Waals surface area contributed by atoms with Gasteiger partial charge in [0.15, 0.2) is 5.65 Å². The number of aromatic nitrogens is 3. The van der Waals surface area contributed by atoms with Gasteiger partial charge in [-0.05, 0) is 31.7 Å². The van der Waals surface area contributed by atoms with Crippen LogP contribution in [0, 0.1) is 12.3 Å². The van der Waals surface area contributed by atoms with Crippen LogP contribution in [0.15, 0.2) is 12.3 Å². The minimum absolute atomic E-state index is 0.156. The van der Waals surface area contributed by atoms with E-state index in [-0.39, 0.29) is 17.4 Å². The lowest BCUT2D eigenvalue weighted by molar-refractivity contribution is 0.0902. The zero-order valence-corrected chi connectivity index (χ0v) is 13.8. The first kappa shape index (κ1) is 16.4. The molecule has 2 aromatic heterocycles. The van der Waals surface area contributed by atoms with Gasteiger partial charge in [-0.25, -0.2) is 4.98 Å². The van der Waals surface area contributed by atoms with E-state index in [0.29, 0.717) is 18.5 Å². The summed E-state index contributed by atoms with van der Waals surface area (Å²) in [6, 6.07) is 1.82. The number of fused-ring (bicyclic) bond motifs is 1. The summed E-state index contributed by atoms with van der Waals surface area (Å²) in [5.41, 5.74) is 1.99. The number of nitrogens with one attached hydrogen (secondary N) is 1. The van der Waals surface area contributed by atoms with E-state index in [4.69, 9.17) is 0 Å². The van der Waals surface area contributed by atoms with E-state index >= 15 is 0 Å². The number of rotatable bonds is 5. The van der Waals surface area contributed by atoms with E-state index in [1.165, 1.54) is 0 Å². The third-order valence-corrected chi connectivity index (χ3v) is 3.70. The van der Waals surface area contributed by atoms with E-state index in [9.17, 15) is 9.90 Å². The highest BCUT2D eigenvalue weighted by atomic mass is 16.3. The standard InChI is InChI=1S/C16H24N4O2/c1-10(21)7-16(3,4)9-18-15(22)12-6-13-11(2)19-20(5)14(13)17-8-12/h6,8,10,21H,7,9H2,1-5H3,(H,18,22). The molecule has 0 fully saturated rings. The number of hydrogen-bond donors (Lipinski definition) is 2. The number of nitrogens with zero attached hydrogens (tertiary/aromatic N) is 3. The van der Waals surface area contributed by atoms with Crippen LogP contribution in [0.2, 0.25) is 0 Å². The summed E-state index contributed by atoms with van der Waals surface area (Å²) in [6.07, 6.45) is 1.81. The van der Waals surface area contributed by atoms with Gasteiger partial charge in [0.25, 0.3) is 5.91 Å². The lowest BCUT2D eigenvalue weighted by Gasteiger charge is -2.26. The third kappa shape index (κ3) is 3.62. The lowest BCUT2D eigenvalue weighted by Crippen LogP contribution is -2.35. The molecule has 22 heavy (non-hydrogen) atoms. The van der Waals surface area contributed by atoms with Crippen molar-refractivity contribution in [2.75, 3.05) is 6.54 Å². The van der Waals surface area contributed by atoms with Crippen LogP contribution in [0.3, 0.4) is 0 Å². The highest BCUT2D eigenvalue weighted by molar-refractivity contribution is 5.97. The summed E-state index contributed by atoms with van der Waals surface area (Å²) in [6.45, 7) is 8.20. The van der Waals surface area contributed by atoms with E-state index in [2.05, 4.69) is 15.4 Å². The van der Waals surface area contributed by atoms with E-state index in [1.54, 1.807) is 17.8 Å². The Balaban J connectivity index is 2.11.